The van der Waals surface area contributed by atoms with Gasteiger partial charge in [-0.2, -0.15) is 4.98 Å². The summed E-state index contributed by atoms with van der Waals surface area (Å²) in [7, 11) is -3.50. The minimum atomic E-state index is -3.50. The fourth-order valence-corrected chi connectivity index (χ4v) is 6.50. The van der Waals surface area contributed by atoms with Gasteiger partial charge in [0.05, 0.1) is 22.0 Å². The third-order valence-electron chi connectivity index (χ3n) is 7.54. The van der Waals surface area contributed by atoms with Crippen molar-refractivity contribution in [3.8, 4) is 0 Å². The molecule has 2 N–H and O–H groups in total. The van der Waals surface area contributed by atoms with Crippen LogP contribution in [0.5, 0.6) is 0 Å². The number of sulfone groups is 1. The quantitative estimate of drug-likeness (QED) is 0.377. The average Bonchev–Trinajstić information content (AvgIpc) is 3.36. The van der Waals surface area contributed by atoms with Crippen LogP contribution in [0.1, 0.15) is 60.3 Å². The van der Waals surface area contributed by atoms with Crippen molar-refractivity contribution in [3.63, 3.8) is 0 Å². The summed E-state index contributed by atoms with van der Waals surface area (Å²) in [6.07, 6.45) is 5.40. The molecule has 1 unspecified atom stereocenters. The Morgan fingerprint density at radius 2 is 1.85 bits per heavy atom. The number of hydrogen-bond donors (Lipinski definition) is 2. The lowest BCUT2D eigenvalue weighted by Crippen LogP contribution is -2.42. The maximum absolute atomic E-state index is 12.9. The molecule has 0 bridgehead atoms. The number of anilines is 3. The number of ether oxygens (including phenoxy) is 1. The second kappa shape index (κ2) is 13.1. The number of halogens is 1. The predicted molar refractivity (Wildman–Crippen MR) is 163 cm³/mol. The zero-order chi connectivity index (χ0) is 29.8. The van der Waals surface area contributed by atoms with Crippen LogP contribution in [0, 0.1) is 5.92 Å². The Morgan fingerprint density at radius 1 is 1.15 bits per heavy atom. The fourth-order valence-electron chi connectivity index (χ4n) is 5.16. The Balaban J connectivity index is 1.27. The van der Waals surface area contributed by atoms with Gasteiger partial charge in [-0.15, -0.1) is 0 Å². The highest BCUT2D eigenvalue weighted by atomic mass is 35.5. The maximum atomic E-state index is 12.9. The Bertz CT molecular complexity index is 1310. The Labute approximate surface area is 249 Å². The first kappa shape index (κ1) is 31.3. The lowest BCUT2D eigenvalue weighted by molar-refractivity contribution is 0.0178. The first-order valence-corrected chi connectivity index (χ1v) is 16.3. The summed E-state index contributed by atoms with van der Waals surface area (Å²) in [5, 5.41) is 6.28. The molecule has 1 aromatic heterocycles. The van der Waals surface area contributed by atoms with Gasteiger partial charge in [0.25, 0.3) is 0 Å². The second-order valence-corrected chi connectivity index (χ2v) is 15.1. The zero-order valence-corrected chi connectivity index (χ0v) is 26.3. The lowest BCUT2D eigenvalue weighted by Gasteiger charge is -2.34. The van der Waals surface area contributed by atoms with E-state index in [4.69, 9.17) is 16.3 Å². The lowest BCUT2D eigenvalue weighted by atomic mass is 9.93. The van der Waals surface area contributed by atoms with Gasteiger partial charge < -0.3 is 25.2 Å². The topological polar surface area (TPSA) is 117 Å². The van der Waals surface area contributed by atoms with Crippen LogP contribution in [-0.4, -0.2) is 83.9 Å². The maximum Gasteiger partial charge on any atom is 0.410 e. The molecule has 4 rings (SSSR count). The molecule has 1 atom stereocenters. The second-order valence-electron chi connectivity index (χ2n) is 12.2. The summed E-state index contributed by atoms with van der Waals surface area (Å²) in [6, 6.07) is 6.97. The molecule has 0 spiro atoms. The van der Waals surface area contributed by atoms with E-state index in [1.165, 1.54) is 6.20 Å². The van der Waals surface area contributed by atoms with Gasteiger partial charge in [-0.05, 0) is 84.9 Å². The van der Waals surface area contributed by atoms with Crippen molar-refractivity contribution in [1.82, 2.24) is 19.8 Å². The average molecular weight is 607 g/mol. The third kappa shape index (κ3) is 8.45. The van der Waals surface area contributed by atoms with Crippen LogP contribution in [0.2, 0.25) is 5.02 Å². The Kier molecular flexibility index (Phi) is 10.0. The van der Waals surface area contributed by atoms with Gasteiger partial charge in [-0.3, -0.25) is 0 Å². The molecule has 0 saturated carbocycles. The smallest absolute Gasteiger partial charge is 0.410 e. The largest absolute Gasteiger partial charge is 0.444 e. The summed E-state index contributed by atoms with van der Waals surface area (Å²) in [5.74, 6) is 1.40. The standard InChI is InChI=1S/C29H43ClN6O4S/c1-20(2)41(38,39)25-9-7-6-8-24(25)33-26-23(30)18-31-27(34-26)32-22-13-15-35(19-22)14-10-21-11-16-36(17-12-21)28(37)40-29(3,4)5/h6-9,18,20-22H,10-17,19H2,1-5H3,(H2,31,32,33,34). The van der Waals surface area contributed by atoms with Crippen molar-refractivity contribution < 1.29 is 17.9 Å². The number of aromatic nitrogens is 2. The highest BCUT2D eigenvalue weighted by Crippen LogP contribution is 2.30. The van der Waals surface area contributed by atoms with Gasteiger partial charge in [0.1, 0.15) is 10.6 Å². The number of carbonyl (C=O) groups is 1. The molecule has 2 aliphatic rings. The Morgan fingerprint density at radius 3 is 2.54 bits per heavy atom. The molecule has 2 aromatic rings. The molecule has 226 valence electrons. The molecule has 41 heavy (non-hydrogen) atoms. The number of likely N-dealkylation sites (tertiary alicyclic amines) is 2. The van der Waals surface area contributed by atoms with Crippen molar-refractivity contribution in [1.29, 1.82) is 0 Å². The first-order chi connectivity index (χ1) is 19.3. The molecule has 3 heterocycles. The number of benzene rings is 1. The number of amides is 1. The molecule has 2 saturated heterocycles. The Hall–Kier alpha value is -2.63. The number of rotatable bonds is 9. The van der Waals surface area contributed by atoms with E-state index in [9.17, 15) is 13.2 Å². The van der Waals surface area contributed by atoms with Crippen molar-refractivity contribution in [3.05, 3.63) is 35.5 Å². The summed E-state index contributed by atoms with van der Waals surface area (Å²) >= 11 is 6.38. The number of nitrogens with zero attached hydrogens (tertiary/aromatic N) is 4. The van der Waals surface area contributed by atoms with Crippen LogP contribution >= 0.6 is 11.6 Å². The molecule has 1 amide bonds. The van der Waals surface area contributed by atoms with Gasteiger partial charge >= 0.3 is 6.09 Å². The van der Waals surface area contributed by atoms with Crippen LogP contribution in [0.3, 0.4) is 0 Å². The van der Waals surface area contributed by atoms with Gasteiger partial charge in [0.2, 0.25) is 5.95 Å². The molecule has 0 radical (unpaired) electrons. The van der Waals surface area contributed by atoms with Gasteiger partial charge in [0, 0.05) is 32.2 Å². The summed E-state index contributed by atoms with van der Waals surface area (Å²) in [5.41, 5.74) is -0.0393. The zero-order valence-electron chi connectivity index (χ0n) is 24.7. The molecule has 1 aromatic carbocycles. The van der Waals surface area contributed by atoms with E-state index >= 15 is 0 Å². The molecular weight excluding hydrogens is 564 g/mol. The molecule has 2 aliphatic heterocycles. The molecule has 12 heteroatoms. The third-order valence-corrected chi connectivity index (χ3v) is 10.0. The van der Waals surface area contributed by atoms with Crippen LogP contribution < -0.4 is 10.6 Å². The summed E-state index contributed by atoms with van der Waals surface area (Å²) in [4.78, 5) is 25.7. The van der Waals surface area contributed by atoms with E-state index in [-0.39, 0.29) is 17.0 Å². The van der Waals surface area contributed by atoms with Crippen molar-refractivity contribution in [2.45, 2.75) is 82.1 Å². The monoisotopic (exact) mass is 606 g/mol. The number of carbonyl (C=O) groups excluding carboxylic acids is 1. The van der Waals surface area contributed by atoms with Crippen LogP contribution in [0.25, 0.3) is 0 Å². The predicted octanol–water partition coefficient (Wildman–Crippen LogP) is 5.58. The van der Waals surface area contributed by atoms with E-state index in [0.717, 1.165) is 58.4 Å². The van der Waals surface area contributed by atoms with E-state index in [1.54, 1.807) is 38.1 Å². The first-order valence-electron chi connectivity index (χ1n) is 14.4. The van der Waals surface area contributed by atoms with Crippen LogP contribution in [-0.2, 0) is 14.6 Å². The SMILES string of the molecule is CC(C)S(=O)(=O)c1ccccc1Nc1nc(NC2CCN(CCC3CCN(C(=O)OC(C)(C)C)CC3)C2)ncc1Cl. The molecule has 10 nitrogen and oxygen atoms in total. The van der Waals surface area contributed by atoms with Crippen LogP contribution in [0.4, 0.5) is 22.2 Å². The number of hydrogen-bond acceptors (Lipinski definition) is 9. The van der Waals surface area contributed by atoms with E-state index in [2.05, 4.69) is 25.5 Å². The molecule has 2 fully saturated rings. The van der Waals surface area contributed by atoms with Crippen molar-refractivity contribution >= 4 is 45.0 Å². The van der Waals surface area contributed by atoms with E-state index < -0.39 is 20.7 Å². The van der Waals surface area contributed by atoms with E-state index in [1.807, 2.05) is 25.7 Å². The highest BCUT2D eigenvalue weighted by Gasteiger charge is 2.29. The minimum Gasteiger partial charge on any atom is -0.444 e. The number of piperidine rings is 1. The van der Waals surface area contributed by atoms with Crippen LogP contribution in [0.15, 0.2) is 35.4 Å². The fraction of sp³-hybridized carbons (Fsp3) is 0.621. The van der Waals surface area contributed by atoms with Crippen molar-refractivity contribution in [2.75, 3.05) is 43.4 Å². The highest BCUT2D eigenvalue weighted by molar-refractivity contribution is 7.92. The van der Waals surface area contributed by atoms with E-state index in [0.29, 0.717) is 28.4 Å². The number of para-hydroxylation sites is 1. The normalized spacial score (nSPS) is 19.0. The van der Waals surface area contributed by atoms with Crippen molar-refractivity contribution in [2.24, 2.45) is 5.92 Å². The van der Waals surface area contributed by atoms with Gasteiger partial charge in [0.15, 0.2) is 15.7 Å². The summed E-state index contributed by atoms with van der Waals surface area (Å²) in [6.45, 7) is 13.4. The van der Waals surface area contributed by atoms with Gasteiger partial charge in [-0.25, -0.2) is 18.2 Å². The number of nitrogens with one attached hydrogen (secondary N) is 2. The van der Waals surface area contributed by atoms with Gasteiger partial charge in [-0.1, -0.05) is 23.7 Å². The molecular formula is C29H43ClN6O4S. The summed E-state index contributed by atoms with van der Waals surface area (Å²) < 4.78 is 31.2. The molecule has 0 aliphatic carbocycles. The minimum absolute atomic E-state index is 0.201.